The molecule has 2 aromatic heterocycles. The molecule has 2 N–H and O–H groups in total. The number of likely N-dealkylation sites (tertiary alicyclic amines) is 1. The number of rotatable bonds is 3. The number of carbonyl (C=O) groups is 1. The van der Waals surface area contributed by atoms with E-state index < -0.39 is 5.92 Å². The van der Waals surface area contributed by atoms with Gasteiger partial charge in [0.1, 0.15) is 5.01 Å². The third-order valence-corrected chi connectivity index (χ3v) is 6.21. The van der Waals surface area contributed by atoms with Crippen LogP contribution in [0.3, 0.4) is 0 Å². The Bertz CT molecular complexity index is 1020. The molecular formula is C20H20F2N4OS. The maximum Gasteiger partial charge on any atom is 0.255 e. The molecule has 1 saturated heterocycles. The fourth-order valence-corrected chi connectivity index (χ4v) is 4.28. The Morgan fingerprint density at radius 3 is 2.68 bits per heavy atom. The van der Waals surface area contributed by atoms with Crippen molar-refractivity contribution >= 4 is 27.5 Å². The number of halogens is 2. The van der Waals surface area contributed by atoms with E-state index >= 15 is 0 Å². The normalized spacial score (nSPS) is 16.5. The first kappa shape index (κ1) is 18.9. The molecular weight excluding hydrogens is 382 g/mol. The van der Waals surface area contributed by atoms with Crippen molar-refractivity contribution in [3.05, 3.63) is 46.6 Å². The first-order valence-corrected chi connectivity index (χ1v) is 9.91. The third kappa shape index (κ3) is 3.62. The fraction of sp³-hybridized carbons (Fsp3) is 0.350. The lowest BCUT2D eigenvalue weighted by molar-refractivity contribution is -0.0494. The lowest BCUT2D eigenvalue weighted by Crippen LogP contribution is -2.42. The largest absolute Gasteiger partial charge is 0.338 e. The molecule has 1 aliphatic heterocycles. The van der Waals surface area contributed by atoms with Gasteiger partial charge in [-0.05, 0) is 36.8 Å². The van der Waals surface area contributed by atoms with E-state index in [1.165, 1.54) is 11.1 Å². The van der Waals surface area contributed by atoms with Gasteiger partial charge in [-0.1, -0.05) is 0 Å². The van der Waals surface area contributed by atoms with Crippen LogP contribution >= 0.6 is 11.3 Å². The molecule has 146 valence electrons. The van der Waals surface area contributed by atoms with Crippen LogP contribution in [0.4, 0.5) is 8.78 Å². The predicted octanol–water partition coefficient (Wildman–Crippen LogP) is 4.00. The molecule has 0 atom stereocenters. The summed E-state index contributed by atoms with van der Waals surface area (Å²) in [6.07, 6.45) is 0.931. The van der Waals surface area contributed by atoms with Gasteiger partial charge in [-0.25, -0.2) is 13.8 Å². The number of carbonyl (C=O) groups excluding carboxylic acids is 1. The van der Waals surface area contributed by atoms with Gasteiger partial charge in [0.25, 0.3) is 11.8 Å². The van der Waals surface area contributed by atoms with Crippen molar-refractivity contribution < 1.29 is 13.6 Å². The Labute approximate surface area is 165 Å². The van der Waals surface area contributed by atoms with Crippen molar-refractivity contribution in [1.82, 2.24) is 14.9 Å². The van der Waals surface area contributed by atoms with Gasteiger partial charge >= 0.3 is 0 Å². The van der Waals surface area contributed by atoms with Crippen molar-refractivity contribution in [2.45, 2.75) is 32.2 Å². The van der Waals surface area contributed by atoms with E-state index in [-0.39, 0.29) is 31.8 Å². The van der Waals surface area contributed by atoms with E-state index in [9.17, 15) is 13.6 Å². The summed E-state index contributed by atoms with van der Waals surface area (Å²) < 4.78 is 27.7. The number of thiazole rings is 1. The second-order valence-corrected chi connectivity index (χ2v) is 8.12. The van der Waals surface area contributed by atoms with E-state index in [1.807, 2.05) is 19.1 Å². The van der Waals surface area contributed by atoms with Crippen molar-refractivity contribution in [1.29, 1.82) is 0 Å². The standard InChI is InChI=1S/C20H20F2N4OS/c1-12-8-14(9-16-18(12)28-17(10-23)25-16)15-3-2-13(11-24-15)19(27)26-6-4-20(21,22)5-7-26/h2-3,8-9,11H,4-7,10,23H2,1H3. The fourth-order valence-electron chi connectivity index (χ4n) is 3.39. The second-order valence-electron chi connectivity index (χ2n) is 7.03. The number of nitrogens with two attached hydrogens (primary N) is 1. The maximum absolute atomic E-state index is 13.3. The summed E-state index contributed by atoms with van der Waals surface area (Å²) in [6, 6.07) is 7.48. The first-order chi connectivity index (χ1) is 13.4. The van der Waals surface area contributed by atoms with Gasteiger partial charge in [0, 0.05) is 44.2 Å². The van der Waals surface area contributed by atoms with Crippen LogP contribution < -0.4 is 5.73 Å². The van der Waals surface area contributed by atoms with E-state index in [0.29, 0.717) is 12.1 Å². The molecule has 0 bridgehead atoms. The zero-order valence-electron chi connectivity index (χ0n) is 15.4. The molecule has 8 heteroatoms. The van der Waals surface area contributed by atoms with E-state index in [1.54, 1.807) is 23.5 Å². The molecule has 0 unspecified atom stereocenters. The van der Waals surface area contributed by atoms with Crippen LogP contribution in [-0.4, -0.2) is 39.8 Å². The molecule has 5 nitrogen and oxygen atoms in total. The summed E-state index contributed by atoms with van der Waals surface area (Å²) in [5.41, 5.74) is 9.73. The minimum Gasteiger partial charge on any atom is -0.338 e. The van der Waals surface area contributed by atoms with E-state index in [0.717, 1.165) is 32.0 Å². The number of aromatic nitrogens is 2. The Hall–Kier alpha value is -2.45. The van der Waals surface area contributed by atoms with E-state index in [2.05, 4.69) is 9.97 Å². The van der Waals surface area contributed by atoms with Crippen LogP contribution in [0.2, 0.25) is 0 Å². The van der Waals surface area contributed by atoms with Crippen molar-refractivity contribution in [2.24, 2.45) is 5.73 Å². The topological polar surface area (TPSA) is 72.1 Å². The maximum atomic E-state index is 13.3. The molecule has 1 aliphatic rings. The highest BCUT2D eigenvalue weighted by Crippen LogP contribution is 2.31. The summed E-state index contributed by atoms with van der Waals surface area (Å²) in [7, 11) is 0. The molecule has 0 saturated carbocycles. The summed E-state index contributed by atoms with van der Waals surface area (Å²) in [6.45, 7) is 2.56. The highest BCUT2D eigenvalue weighted by molar-refractivity contribution is 7.18. The number of pyridine rings is 1. The quantitative estimate of drug-likeness (QED) is 0.719. The van der Waals surface area contributed by atoms with Crippen molar-refractivity contribution in [3.63, 3.8) is 0 Å². The summed E-state index contributed by atoms with van der Waals surface area (Å²) in [4.78, 5) is 23.0. The van der Waals surface area contributed by atoms with Crippen LogP contribution in [-0.2, 0) is 6.54 Å². The smallest absolute Gasteiger partial charge is 0.255 e. The molecule has 1 fully saturated rings. The summed E-state index contributed by atoms with van der Waals surface area (Å²) in [5, 5.41) is 0.885. The molecule has 0 radical (unpaired) electrons. The highest BCUT2D eigenvalue weighted by atomic mass is 32.1. The van der Waals surface area contributed by atoms with Gasteiger partial charge in [-0.3, -0.25) is 9.78 Å². The molecule has 1 amide bonds. The molecule has 0 aliphatic carbocycles. The first-order valence-electron chi connectivity index (χ1n) is 9.10. The van der Waals surface area contributed by atoms with Crippen LogP contribution in [0.1, 0.15) is 33.8 Å². The average molecular weight is 402 g/mol. The third-order valence-electron chi connectivity index (χ3n) is 4.98. The van der Waals surface area contributed by atoms with Crippen LogP contribution in [0.5, 0.6) is 0 Å². The molecule has 1 aromatic carbocycles. The Morgan fingerprint density at radius 2 is 2.04 bits per heavy atom. The van der Waals surface area contributed by atoms with Gasteiger partial charge in [-0.15, -0.1) is 11.3 Å². The van der Waals surface area contributed by atoms with Crippen molar-refractivity contribution in [3.8, 4) is 11.3 Å². The van der Waals surface area contributed by atoms with Gasteiger partial charge in [0.2, 0.25) is 0 Å². The van der Waals surface area contributed by atoms with Gasteiger partial charge < -0.3 is 10.6 Å². The summed E-state index contributed by atoms with van der Waals surface area (Å²) >= 11 is 1.59. The zero-order chi connectivity index (χ0) is 19.9. The number of fused-ring (bicyclic) bond motifs is 1. The number of hydrogen-bond acceptors (Lipinski definition) is 5. The number of aryl methyl sites for hydroxylation is 1. The molecule has 3 heterocycles. The molecule has 4 rings (SSSR count). The molecule has 28 heavy (non-hydrogen) atoms. The van der Waals surface area contributed by atoms with Crippen LogP contribution in [0.25, 0.3) is 21.5 Å². The van der Waals surface area contributed by atoms with Gasteiger partial charge in [-0.2, -0.15) is 0 Å². The second kappa shape index (κ2) is 7.18. The van der Waals surface area contributed by atoms with Crippen LogP contribution in [0, 0.1) is 6.92 Å². The van der Waals surface area contributed by atoms with Crippen LogP contribution in [0.15, 0.2) is 30.5 Å². The number of benzene rings is 1. The predicted molar refractivity (Wildman–Crippen MR) is 106 cm³/mol. The number of alkyl halides is 2. The van der Waals surface area contributed by atoms with Gasteiger partial charge in [0.05, 0.1) is 21.5 Å². The molecule has 0 spiro atoms. The number of hydrogen-bond donors (Lipinski definition) is 1. The minimum absolute atomic E-state index is 0.0662. The Balaban J connectivity index is 1.56. The number of amides is 1. The van der Waals surface area contributed by atoms with Gasteiger partial charge in [0.15, 0.2) is 0 Å². The Kier molecular flexibility index (Phi) is 4.84. The summed E-state index contributed by atoms with van der Waals surface area (Å²) in [5.74, 6) is -2.93. The number of nitrogens with zero attached hydrogens (tertiary/aromatic N) is 3. The monoisotopic (exact) mass is 402 g/mol. The van der Waals surface area contributed by atoms with Crippen molar-refractivity contribution in [2.75, 3.05) is 13.1 Å². The zero-order valence-corrected chi connectivity index (χ0v) is 16.2. The average Bonchev–Trinajstić information content (AvgIpc) is 3.11. The number of piperidine rings is 1. The molecule has 3 aromatic rings. The lowest BCUT2D eigenvalue weighted by Gasteiger charge is -2.31. The Morgan fingerprint density at radius 1 is 1.29 bits per heavy atom. The van der Waals surface area contributed by atoms with E-state index in [4.69, 9.17) is 5.73 Å². The highest BCUT2D eigenvalue weighted by Gasteiger charge is 2.35. The minimum atomic E-state index is -2.67. The SMILES string of the molecule is Cc1cc(-c2ccc(C(=O)N3CCC(F)(F)CC3)cn2)cc2nc(CN)sc12. The lowest BCUT2D eigenvalue weighted by atomic mass is 10.0.